The first-order chi connectivity index (χ1) is 15.9. The van der Waals surface area contributed by atoms with Gasteiger partial charge in [0.15, 0.2) is 10.9 Å². The molecule has 2 N–H and O–H groups in total. The van der Waals surface area contributed by atoms with E-state index in [2.05, 4.69) is 4.98 Å². The fourth-order valence-corrected chi connectivity index (χ4v) is 5.57. The number of halogens is 1. The smallest absolute Gasteiger partial charge is 0.242 e. The second kappa shape index (κ2) is 8.22. The minimum absolute atomic E-state index is 0.00788. The highest BCUT2D eigenvalue weighted by Crippen LogP contribution is 2.46. The Morgan fingerprint density at radius 2 is 1.82 bits per heavy atom. The van der Waals surface area contributed by atoms with Crippen molar-refractivity contribution >= 4 is 50.3 Å². The lowest BCUT2D eigenvalue weighted by molar-refractivity contribution is 0.104. The summed E-state index contributed by atoms with van der Waals surface area (Å²) in [5, 5.41) is 22.8. The van der Waals surface area contributed by atoms with Crippen LogP contribution in [-0.2, 0) is 0 Å². The first-order valence-corrected chi connectivity index (χ1v) is 11.9. The average molecular weight is 497 g/mol. The van der Waals surface area contributed by atoms with Crippen molar-refractivity contribution < 1.29 is 19.7 Å². The Morgan fingerprint density at radius 3 is 2.48 bits per heavy atom. The second-order valence-corrected chi connectivity index (χ2v) is 10.0. The largest absolute Gasteiger partial charge is 0.503 e. The summed E-state index contributed by atoms with van der Waals surface area (Å²) in [6.45, 7) is 1.90. The van der Waals surface area contributed by atoms with Gasteiger partial charge in [-0.25, -0.2) is 4.98 Å². The average Bonchev–Trinajstić information content (AvgIpc) is 3.49. The normalized spacial score (nSPS) is 11.2. The van der Waals surface area contributed by atoms with Gasteiger partial charge in [-0.15, -0.1) is 11.3 Å². The van der Waals surface area contributed by atoms with Crippen molar-refractivity contribution in [3.05, 3.63) is 74.9 Å². The molecule has 0 aliphatic heterocycles. The van der Waals surface area contributed by atoms with Crippen molar-refractivity contribution in [2.24, 2.45) is 0 Å². The molecule has 9 heteroatoms. The van der Waals surface area contributed by atoms with Gasteiger partial charge in [0.05, 0.1) is 33.5 Å². The molecule has 5 aromatic rings. The number of fused-ring (bicyclic) bond motifs is 1. The van der Waals surface area contributed by atoms with Gasteiger partial charge in [0.25, 0.3) is 0 Å². The van der Waals surface area contributed by atoms with Crippen LogP contribution in [0.2, 0.25) is 5.02 Å². The molecule has 0 aliphatic carbocycles. The number of benzene rings is 2. The first-order valence-electron chi connectivity index (χ1n) is 9.86. The van der Waals surface area contributed by atoms with Gasteiger partial charge in [0, 0.05) is 9.90 Å². The molecule has 0 radical (unpaired) electrons. The number of hydrogen-bond acceptors (Lipinski definition) is 7. The third kappa shape index (κ3) is 3.66. The molecule has 0 fully saturated rings. The van der Waals surface area contributed by atoms with Gasteiger partial charge in [0.2, 0.25) is 11.7 Å². The Hall–Kier alpha value is -3.33. The summed E-state index contributed by atoms with van der Waals surface area (Å²) in [5.74, 6) is -0.651. The Balaban J connectivity index is 1.79. The number of rotatable bonds is 5. The molecule has 0 aliphatic rings. The zero-order valence-corrected chi connectivity index (χ0v) is 19.9. The molecule has 3 heterocycles. The first kappa shape index (κ1) is 21.5. The summed E-state index contributed by atoms with van der Waals surface area (Å²) in [5.41, 5.74) is 1.65. The molecular weight excluding hydrogens is 480 g/mol. The highest BCUT2D eigenvalue weighted by Gasteiger charge is 2.31. The van der Waals surface area contributed by atoms with Crippen LogP contribution in [-0.4, -0.2) is 32.7 Å². The SMILES string of the molecule is COc1ccc2nc(-n3c(O)c(O)c(C(=O)c4ccc(C)s4)c3-c3ccc(Cl)cc3)sc2c1. The summed E-state index contributed by atoms with van der Waals surface area (Å²) in [6.07, 6.45) is 0. The van der Waals surface area contributed by atoms with Gasteiger partial charge in [-0.3, -0.25) is 9.36 Å². The molecule has 0 spiro atoms. The van der Waals surface area contributed by atoms with Crippen LogP contribution in [0.5, 0.6) is 17.4 Å². The van der Waals surface area contributed by atoms with Crippen molar-refractivity contribution in [3.63, 3.8) is 0 Å². The van der Waals surface area contributed by atoms with Crippen LogP contribution < -0.4 is 4.74 Å². The number of ketones is 1. The van der Waals surface area contributed by atoms with E-state index in [1.165, 1.54) is 27.2 Å². The van der Waals surface area contributed by atoms with Crippen LogP contribution in [0.25, 0.3) is 26.6 Å². The number of aryl methyl sites for hydroxylation is 1. The summed E-state index contributed by atoms with van der Waals surface area (Å²) in [6, 6.07) is 15.9. The van der Waals surface area contributed by atoms with Crippen molar-refractivity contribution in [1.29, 1.82) is 0 Å². The fraction of sp³-hybridized carbons (Fsp3) is 0.0833. The standard InChI is InChI=1S/C24H17ClN2O4S2/c1-12-3-10-17(32-12)21(28)19-20(13-4-6-14(25)7-5-13)27(23(30)22(19)29)24-26-16-9-8-15(31-2)11-18(16)33-24/h3-11,29-30H,1-2H3. The molecule has 0 atom stereocenters. The lowest BCUT2D eigenvalue weighted by Gasteiger charge is -2.09. The molecule has 166 valence electrons. The van der Waals surface area contributed by atoms with E-state index in [4.69, 9.17) is 16.3 Å². The van der Waals surface area contributed by atoms with Crippen LogP contribution in [0.1, 0.15) is 20.1 Å². The van der Waals surface area contributed by atoms with Gasteiger partial charge in [0.1, 0.15) is 5.75 Å². The topological polar surface area (TPSA) is 84.6 Å². The highest BCUT2D eigenvalue weighted by atomic mass is 35.5. The van der Waals surface area contributed by atoms with Gasteiger partial charge in [-0.05, 0) is 55.0 Å². The second-order valence-electron chi connectivity index (χ2n) is 7.31. The van der Waals surface area contributed by atoms with E-state index in [0.717, 1.165) is 9.58 Å². The monoisotopic (exact) mass is 496 g/mol. The van der Waals surface area contributed by atoms with Crippen LogP contribution in [0.15, 0.2) is 54.6 Å². The predicted octanol–water partition coefficient (Wildman–Crippen LogP) is 6.43. The zero-order chi connectivity index (χ0) is 23.3. The van der Waals surface area contributed by atoms with E-state index in [1.807, 2.05) is 25.1 Å². The number of aromatic hydroxyl groups is 2. The third-order valence-electron chi connectivity index (χ3n) is 5.21. The molecule has 6 nitrogen and oxygen atoms in total. The van der Waals surface area contributed by atoms with Gasteiger partial charge >= 0.3 is 0 Å². The number of thiazole rings is 1. The van der Waals surface area contributed by atoms with Crippen LogP contribution in [0.4, 0.5) is 0 Å². The summed E-state index contributed by atoms with van der Waals surface area (Å²) >= 11 is 8.71. The van der Waals surface area contributed by atoms with E-state index in [1.54, 1.807) is 43.5 Å². The Labute approximate surface area is 201 Å². The third-order valence-corrected chi connectivity index (χ3v) is 7.46. The quantitative estimate of drug-likeness (QED) is 0.274. The van der Waals surface area contributed by atoms with Gasteiger partial charge < -0.3 is 14.9 Å². The minimum atomic E-state index is -0.493. The molecule has 2 aromatic carbocycles. The maximum absolute atomic E-state index is 13.5. The van der Waals surface area contributed by atoms with E-state index < -0.39 is 11.6 Å². The number of ether oxygens (including phenoxy) is 1. The molecule has 0 saturated carbocycles. The molecular formula is C24H17ClN2O4S2. The molecule has 0 unspecified atom stereocenters. The zero-order valence-electron chi connectivity index (χ0n) is 17.5. The lowest BCUT2D eigenvalue weighted by Crippen LogP contribution is -2.03. The van der Waals surface area contributed by atoms with Crippen molar-refractivity contribution in [1.82, 2.24) is 9.55 Å². The number of hydrogen-bond donors (Lipinski definition) is 2. The molecule has 0 bridgehead atoms. The molecule has 0 saturated heterocycles. The molecule has 5 rings (SSSR count). The number of carbonyl (C=O) groups excluding carboxylic acids is 1. The van der Waals surface area contributed by atoms with Crippen LogP contribution in [0, 0.1) is 6.92 Å². The van der Waals surface area contributed by atoms with Gasteiger partial charge in [-0.1, -0.05) is 35.1 Å². The van der Waals surface area contributed by atoms with Crippen LogP contribution >= 0.6 is 34.3 Å². The fourth-order valence-electron chi connectivity index (χ4n) is 3.63. The summed E-state index contributed by atoms with van der Waals surface area (Å²) in [4.78, 5) is 19.5. The van der Waals surface area contributed by atoms with E-state index in [-0.39, 0.29) is 11.3 Å². The maximum atomic E-state index is 13.5. The summed E-state index contributed by atoms with van der Waals surface area (Å²) < 4.78 is 7.54. The number of carbonyl (C=O) groups is 1. The Kier molecular flexibility index (Phi) is 5.36. The number of methoxy groups -OCH3 is 1. The Bertz CT molecular complexity index is 1520. The molecule has 0 amide bonds. The number of thiophene rings is 1. The lowest BCUT2D eigenvalue weighted by atomic mass is 10.0. The van der Waals surface area contributed by atoms with E-state index in [9.17, 15) is 15.0 Å². The Morgan fingerprint density at radius 1 is 1.06 bits per heavy atom. The summed E-state index contributed by atoms with van der Waals surface area (Å²) in [7, 11) is 1.59. The van der Waals surface area contributed by atoms with Gasteiger partial charge in [-0.2, -0.15) is 0 Å². The maximum Gasteiger partial charge on any atom is 0.242 e. The molecule has 3 aromatic heterocycles. The highest BCUT2D eigenvalue weighted by molar-refractivity contribution is 7.20. The molecule has 33 heavy (non-hydrogen) atoms. The minimum Gasteiger partial charge on any atom is -0.503 e. The van der Waals surface area contributed by atoms with E-state index >= 15 is 0 Å². The number of nitrogens with zero attached hydrogens (tertiary/aromatic N) is 2. The van der Waals surface area contributed by atoms with Crippen molar-refractivity contribution in [2.75, 3.05) is 7.11 Å². The van der Waals surface area contributed by atoms with Crippen molar-refractivity contribution in [3.8, 4) is 33.8 Å². The number of aromatic nitrogens is 2. The predicted molar refractivity (Wildman–Crippen MR) is 132 cm³/mol. The van der Waals surface area contributed by atoms with Crippen molar-refractivity contribution in [2.45, 2.75) is 6.92 Å². The van der Waals surface area contributed by atoms with Crippen LogP contribution in [0.3, 0.4) is 0 Å². The van der Waals surface area contributed by atoms with E-state index in [0.29, 0.717) is 37.6 Å².